The van der Waals surface area contributed by atoms with Crippen LogP contribution in [0.4, 0.5) is 0 Å². The lowest BCUT2D eigenvalue weighted by Gasteiger charge is -2.37. The molecule has 2 aliphatic rings. The van der Waals surface area contributed by atoms with Crippen molar-refractivity contribution in [2.45, 2.75) is 32.0 Å². The molecule has 0 saturated carbocycles. The van der Waals surface area contributed by atoms with Crippen LogP contribution in [0.5, 0.6) is 11.8 Å². The second kappa shape index (κ2) is 14.3. The number of aliphatic hydroxyl groups is 1. The molecule has 2 fully saturated rings. The first-order valence-electron chi connectivity index (χ1n) is 15.2. The molecule has 2 aromatic carbocycles. The summed E-state index contributed by atoms with van der Waals surface area (Å²) < 4.78 is 11.2. The van der Waals surface area contributed by atoms with Gasteiger partial charge in [-0.3, -0.25) is 14.9 Å². The number of rotatable bonds is 12. The smallest absolute Gasteiger partial charge is 0.237 e. The zero-order valence-corrected chi connectivity index (χ0v) is 27.4. The van der Waals surface area contributed by atoms with E-state index in [0.29, 0.717) is 75.1 Å². The maximum absolute atomic E-state index is 9.33. The zero-order valence-electron chi connectivity index (χ0n) is 25.9. The highest BCUT2D eigenvalue weighted by atomic mass is 35.5. The van der Waals surface area contributed by atoms with E-state index in [1.54, 1.807) is 26.6 Å². The van der Waals surface area contributed by atoms with Crippen LogP contribution in [0.1, 0.15) is 24.2 Å². The molecule has 12 heteroatoms. The van der Waals surface area contributed by atoms with E-state index in [1.165, 1.54) is 0 Å². The van der Waals surface area contributed by atoms with Crippen molar-refractivity contribution in [2.24, 2.45) is 5.92 Å². The van der Waals surface area contributed by atoms with Crippen LogP contribution < -0.4 is 20.1 Å². The summed E-state index contributed by atoms with van der Waals surface area (Å²) in [6.07, 6.45) is 5.49. The Balaban J connectivity index is 1.23. The van der Waals surface area contributed by atoms with Crippen molar-refractivity contribution in [3.8, 4) is 45.4 Å². The lowest BCUT2D eigenvalue weighted by atomic mass is 9.98. The van der Waals surface area contributed by atoms with Crippen LogP contribution in [-0.4, -0.2) is 76.4 Å². The van der Waals surface area contributed by atoms with Crippen molar-refractivity contribution >= 4 is 23.2 Å². The molecule has 2 aromatic heterocycles. The molecule has 46 heavy (non-hydrogen) atoms. The second-order valence-corrected chi connectivity index (χ2v) is 12.4. The number of benzene rings is 2. The first kappa shape index (κ1) is 32.2. The first-order chi connectivity index (χ1) is 22.4. The summed E-state index contributed by atoms with van der Waals surface area (Å²) >= 11 is 14.1. The van der Waals surface area contributed by atoms with Gasteiger partial charge in [0.15, 0.2) is 0 Å². The molecule has 2 saturated heterocycles. The highest BCUT2D eigenvalue weighted by Gasteiger charge is 2.27. The van der Waals surface area contributed by atoms with Gasteiger partial charge in [0, 0.05) is 79.2 Å². The quantitative estimate of drug-likeness (QED) is 0.183. The molecule has 0 radical (unpaired) electrons. The highest BCUT2D eigenvalue weighted by Crippen LogP contribution is 2.42. The zero-order chi connectivity index (χ0) is 32.2. The monoisotopic (exact) mass is 661 g/mol. The predicted octanol–water partition coefficient (Wildman–Crippen LogP) is 5.37. The van der Waals surface area contributed by atoms with E-state index >= 15 is 0 Å². The van der Waals surface area contributed by atoms with Crippen LogP contribution in [0.25, 0.3) is 33.6 Å². The van der Waals surface area contributed by atoms with Crippen LogP contribution in [-0.2, 0) is 13.1 Å². The standard InChI is InChI=1S/C34H37Cl2N7O3/c1-20-10-11-22(40-20)12-37-13-29-33(45-2)41-27(14-38-29)25-8-4-6-23(31(25)35)24-7-5-9-26(32(24)36)28-15-39-30(34(42-28)46-3)18-43-16-21(17-43)19-44/h4-9,14-15,21-22,37,40,44H,1,10-13,16-19H2,2-3H3/t22-/m0/s1. The number of ether oxygens (including phenoxy) is 2. The second-order valence-electron chi connectivity index (χ2n) is 11.6. The number of methoxy groups -OCH3 is 2. The van der Waals surface area contributed by atoms with Crippen LogP contribution in [0.15, 0.2) is 61.1 Å². The number of allylic oxidation sites excluding steroid dienone is 1. The van der Waals surface area contributed by atoms with Gasteiger partial charge in [-0.05, 0) is 12.8 Å². The van der Waals surface area contributed by atoms with Crippen LogP contribution in [0, 0.1) is 5.92 Å². The molecule has 240 valence electrons. The van der Waals surface area contributed by atoms with Crippen LogP contribution in [0.3, 0.4) is 0 Å². The number of aromatic nitrogens is 4. The molecular formula is C34H37Cl2N7O3. The van der Waals surface area contributed by atoms with Crippen molar-refractivity contribution in [2.75, 3.05) is 40.5 Å². The molecule has 0 spiro atoms. The van der Waals surface area contributed by atoms with Gasteiger partial charge in [0.2, 0.25) is 11.8 Å². The van der Waals surface area contributed by atoms with Gasteiger partial charge >= 0.3 is 0 Å². The maximum atomic E-state index is 9.33. The minimum absolute atomic E-state index is 0.196. The number of halogens is 2. The summed E-state index contributed by atoms with van der Waals surface area (Å²) in [5.41, 5.74) is 6.62. The number of hydrogen-bond acceptors (Lipinski definition) is 10. The fourth-order valence-electron chi connectivity index (χ4n) is 5.92. The summed E-state index contributed by atoms with van der Waals surface area (Å²) in [5, 5.41) is 17.1. The van der Waals surface area contributed by atoms with E-state index < -0.39 is 0 Å². The molecule has 0 amide bonds. The highest BCUT2D eigenvalue weighted by molar-refractivity contribution is 6.39. The molecule has 0 bridgehead atoms. The third-order valence-corrected chi connectivity index (χ3v) is 9.21. The van der Waals surface area contributed by atoms with E-state index in [4.69, 9.17) is 42.6 Å². The molecule has 6 rings (SSSR count). The Morgan fingerprint density at radius 1 is 0.913 bits per heavy atom. The van der Waals surface area contributed by atoms with Gasteiger partial charge in [0.1, 0.15) is 11.4 Å². The third kappa shape index (κ3) is 6.82. The Labute approximate surface area is 278 Å². The molecule has 0 aliphatic carbocycles. The molecule has 0 unspecified atom stereocenters. The summed E-state index contributed by atoms with van der Waals surface area (Å²) in [6, 6.07) is 11.8. The van der Waals surface area contributed by atoms with Crippen molar-refractivity contribution in [3.63, 3.8) is 0 Å². The Kier molecular flexibility index (Phi) is 10.0. The average Bonchev–Trinajstić information content (AvgIpc) is 3.47. The van der Waals surface area contributed by atoms with E-state index in [-0.39, 0.29) is 6.61 Å². The Bertz CT molecular complexity index is 1730. The van der Waals surface area contributed by atoms with Gasteiger partial charge in [-0.15, -0.1) is 0 Å². The van der Waals surface area contributed by atoms with Gasteiger partial charge in [0.05, 0.1) is 48.0 Å². The topological polar surface area (TPSA) is 118 Å². The Hall–Kier alpha value is -3.80. The van der Waals surface area contributed by atoms with Gasteiger partial charge in [-0.25, -0.2) is 9.97 Å². The third-order valence-electron chi connectivity index (χ3n) is 8.40. The van der Waals surface area contributed by atoms with Gasteiger partial charge in [0.25, 0.3) is 0 Å². The molecule has 1 atom stereocenters. The molecular weight excluding hydrogens is 625 g/mol. The van der Waals surface area contributed by atoms with Crippen LogP contribution >= 0.6 is 23.2 Å². The summed E-state index contributed by atoms with van der Waals surface area (Å²) in [6.45, 7) is 7.77. The maximum Gasteiger partial charge on any atom is 0.237 e. The van der Waals surface area contributed by atoms with Crippen molar-refractivity contribution < 1.29 is 14.6 Å². The van der Waals surface area contributed by atoms with Crippen molar-refractivity contribution in [1.82, 2.24) is 35.5 Å². The molecule has 4 aromatic rings. The summed E-state index contributed by atoms with van der Waals surface area (Å²) in [7, 11) is 3.17. The average molecular weight is 663 g/mol. The lowest BCUT2D eigenvalue weighted by molar-refractivity contribution is 0.0462. The van der Waals surface area contributed by atoms with Gasteiger partial charge in [-0.2, -0.15) is 0 Å². The Morgan fingerprint density at radius 2 is 1.48 bits per heavy atom. The van der Waals surface area contributed by atoms with Gasteiger partial charge in [-0.1, -0.05) is 66.2 Å². The predicted molar refractivity (Wildman–Crippen MR) is 180 cm³/mol. The molecule has 3 N–H and O–H groups in total. The summed E-state index contributed by atoms with van der Waals surface area (Å²) in [5.74, 6) is 1.19. The van der Waals surface area contributed by atoms with E-state index in [2.05, 4.69) is 32.1 Å². The lowest BCUT2D eigenvalue weighted by Crippen LogP contribution is -2.47. The minimum Gasteiger partial charge on any atom is -0.480 e. The summed E-state index contributed by atoms with van der Waals surface area (Å²) in [4.78, 5) is 21.0. The fourth-order valence-corrected chi connectivity index (χ4v) is 6.57. The molecule has 4 heterocycles. The van der Waals surface area contributed by atoms with Crippen molar-refractivity contribution in [1.29, 1.82) is 0 Å². The molecule has 2 aliphatic heterocycles. The number of hydrogen-bond donors (Lipinski definition) is 3. The van der Waals surface area contributed by atoms with E-state index in [9.17, 15) is 5.11 Å². The van der Waals surface area contributed by atoms with Crippen LogP contribution in [0.2, 0.25) is 10.0 Å². The molecule has 10 nitrogen and oxygen atoms in total. The Morgan fingerprint density at radius 3 is 2.02 bits per heavy atom. The number of nitrogens with one attached hydrogen (secondary N) is 2. The first-order valence-corrected chi connectivity index (χ1v) is 16.0. The van der Waals surface area contributed by atoms with E-state index in [0.717, 1.165) is 55.0 Å². The minimum atomic E-state index is 0.196. The normalized spacial score (nSPS) is 16.7. The number of likely N-dealkylation sites (tertiary alicyclic amines) is 1. The number of aliphatic hydroxyl groups excluding tert-OH is 1. The fraction of sp³-hybridized carbons (Fsp3) is 0.353. The van der Waals surface area contributed by atoms with Crippen molar-refractivity contribution in [3.05, 3.63) is 82.5 Å². The van der Waals surface area contributed by atoms with E-state index in [1.807, 2.05) is 36.4 Å². The SMILES string of the molecule is C=C1CC[C@@H](CNCc2ncc(-c3cccc(-c4cccc(-c5cnc(CN6CC(CO)C6)c(OC)n5)c4Cl)c3Cl)nc2OC)N1. The number of nitrogens with zero attached hydrogens (tertiary/aromatic N) is 5. The largest absolute Gasteiger partial charge is 0.480 e. The van der Waals surface area contributed by atoms with Gasteiger partial charge < -0.3 is 25.2 Å².